The third kappa shape index (κ3) is 1.89. The van der Waals surface area contributed by atoms with Gasteiger partial charge >= 0.3 is 0 Å². The van der Waals surface area contributed by atoms with Gasteiger partial charge in [0.15, 0.2) is 0 Å². The molecule has 0 heterocycles. The zero-order valence-corrected chi connectivity index (χ0v) is 5.73. The van der Waals surface area contributed by atoms with Crippen molar-refractivity contribution in [1.29, 1.82) is 0 Å². The first kappa shape index (κ1) is 7.47. The van der Waals surface area contributed by atoms with E-state index in [-0.39, 0.29) is 11.5 Å². The highest BCUT2D eigenvalue weighted by Crippen LogP contribution is 2.20. The minimum Gasteiger partial charge on any atom is -0.516 e. The quantitative estimate of drug-likeness (QED) is 0.536. The number of benzene rings is 1. The Labute approximate surface area is 63.9 Å². The number of aromatic hydroxyl groups is 2. The lowest BCUT2D eigenvalue weighted by Gasteiger charge is -1.96. The highest BCUT2D eigenvalue weighted by molar-refractivity contribution is 5.53. The van der Waals surface area contributed by atoms with Crippen molar-refractivity contribution in [3.63, 3.8) is 0 Å². The van der Waals surface area contributed by atoms with Crippen LogP contribution in [0.5, 0.6) is 11.5 Å². The zero-order valence-electron chi connectivity index (χ0n) is 5.73. The van der Waals surface area contributed by atoms with Crippen LogP contribution in [0.25, 0.3) is 6.08 Å². The summed E-state index contributed by atoms with van der Waals surface area (Å²) in [7, 11) is 0. The molecule has 1 rings (SSSR count). The van der Waals surface area contributed by atoms with Crippen molar-refractivity contribution in [3.8, 4) is 11.5 Å². The molecule has 0 atom stereocenters. The highest BCUT2D eigenvalue weighted by atomic mass is 16.3. The van der Waals surface area contributed by atoms with Crippen LogP contribution in [0.4, 0.5) is 0 Å². The maximum absolute atomic E-state index is 8.94. The van der Waals surface area contributed by atoms with E-state index in [0.29, 0.717) is 5.56 Å². The molecular weight excluding hydrogens is 144 g/mol. The first-order valence-electron chi connectivity index (χ1n) is 3.06. The number of phenols is 2. The lowest BCUT2D eigenvalue weighted by molar-refractivity contribution is 0.450. The van der Waals surface area contributed by atoms with E-state index in [4.69, 9.17) is 15.3 Å². The average molecular weight is 152 g/mol. The molecule has 0 fully saturated rings. The number of hydrogen-bond acceptors (Lipinski definition) is 3. The van der Waals surface area contributed by atoms with Gasteiger partial charge in [0.25, 0.3) is 0 Å². The molecule has 3 nitrogen and oxygen atoms in total. The summed E-state index contributed by atoms with van der Waals surface area (Å²) in [5, 5.41) is 26.2. The first-order chi connectivity index (χ1) is 5.22. The smallest absolute Gasteiger partial charge is 0.119 e. The maximum atomic E-state index is 8.94. The predicted octanol–water partition coefficient (Wildman–Crippen LogP) is 1.63. The van der Waals surface area contributed by atoms with Crippen LogP contribution in [0.3, 0.4) is 0 Å². The van der Waals surface area contributed by atoms with Crippen LogP contribution in [0.1, 0.15) is 5.56 Å². The number of phenolic OH excluding ortho intramolecular Hbond substituents is 2. The van der Waals surface area contributed by atoms with Crippen molar-refractivity contribution in [2.75, 3.05) is 0 Å². The summed E-state index contributed by atoms with van der Waals surface area (Å²) >= 11 is 0. The molecular formula is C8H8O3. The standard InChI is InChI=1S/C8H8O3/c9-2-1-6-3-7(10)5-8(11)4-6/h1-5,9-11H/b2-1-. The Morgan fingerprint density at radius 1 is 1.00 bits per heavy atom. The summed E-state index contributed by atoms with van der Waals surface area (Å²) in [6, 6.07) is 4.06. The van der Waals surface area contributed by atoms with Gasteiger partial charge in [0.1, 0.15) is 11.5 Å². The van der Waals surface area contributed by atoms with Gasteiger partial charge in [0.2, 0.25) is 0 Å². The summed E-state index contributed by atoms with van der Waals surface area (Å²) in [4.78, 5) is 0. The Hall–Kier alpha value is -1.64. The fraction of sp³-hybridized carbons (Fsp3) is 0. The lowest BCUT2D eigenvalue weighted by atomic mass is 10.2. The number of aliphatic hydroxyl groups is 1. The molecule has 0 radical (unpaired) electrons. The van der Waals surface area contributed by atoms with Crippen molar-refractivity contribution in [2.45, 2.75) is 0 Å². The SMILES string of the molecule is O/C=C\c1cc(O)cc(O)c1. The van der Waals surface area contributed by atoms with Gasteiger partial charge in [-0.15, -0.1) is 0 Å². The molecule has 1 aromatic rings. The second kappa shape index (κ2) is 2.96. The first-order valence-corrected chi connectivity index (χ1v) is 3.06. The molecule has 0 bridgehead atoms. The fourth-order valence-electron chi connectivity index (χ4n) is 0.800. The maximum Gasteiger partial charge on any atom is 0.119 e. The van der Waals surface area contributed by atoms with Crippen LogP contribution in [-0.2, 0) is 0 Å². The van der Waals surface area contributed by atoms with Crippen LogP contribution in [0, 0.1) is 0 Å². The van der Waals surface area contributed by atoms with E-state index in [1.54, 1.807) is 0 Å². The van der Waals surface area contributed by atoms with Crippen LogP contribution in [0.15, 0.2) is 24.5 Å². The Kier molecular flexibility index (Phi) is 2.01. The van der Waals surface area contributed by atoms with E-state index >= 15 is 0 Å². The van der Waals surface area contributed by atoms with Crippen LogP contribution >= 0.6 is 0 Å². The summed E-state index contributed by atoms with van der Waals surface area (Å²) in [5.41, 5.74) is 0.546. The fourth-order valence-corrected chi connectivity index (χ4v) is 0.800. The summed E-state index contributed by atoms with van der Waals surface area (Å²) in [6.07, 6.45) is 2.20. The molecule has 11 heavy (non-hydrogen) atoms. The molecule has 0 aliphatic rings. The van der Waals surface area contributed by atoms with Gasteiger partial charge in [-0.1, -0.05) is 0 Å². The summed E-state index contributed by atoms with van der Waals surface area (Å²) in [5.74, 6) is -0.0591. The van der Waals surface area contributed by atoms with Gasteiger partial charge in [0, 0.05) is 6.07 Å². The van der Waals surface area contributed by atoms with Crippen LogP contribution in [-0.4, -0.2) is 15.3 Å². The van der Waals surface area contributed by atoms with Gasteiger partial charge in [0.05, 0.1) is 6.26 Å². The molecule has 0 aliphatic heterocycles. The summed E-state index contributed by atoms with van der Waals surface area (Å²) in [6.45, 7) is 0. The third-order valence-corrected chi connectivity index (χ3v) is 1.19. The molecule has 58 valence electrons. The molecule has 3 heteroatoms. The normalized spacial score (nSPS) is 10.5. The van der Waals surface area contributed by atoms with Gasteiger partial charge in [-0.2, -0.15) is 0 Å². The van der Waals surface area contributed by atoms with Gasteiger partial charge in [-0.25, -0.2) is 0 Å². The number of hydrogen-bond donors (Lipinski definition) is 3. The van der Waals surface area contributed by atoms with E-state index in [1.807, 2.05) is 0 Å². The molecule has 3 N–H and O–H groups in total. The molecule has 0 aromatic heterocycles. The Balaban J connectivity index is 3.08. The van der Waals surface area contributed by atoms with Gasteiger partial charge < -0.3 is 15.3 Å². The van der Waals surface area contributed by atoms with Gasteiger partial charge in [-0.3, -0.25) is 0 Å². The third-order valence-electron chi connectivity index (χ3n) is 1.19. The average Bonchev–Trinajstić information content (AvgIpc) is 1.85. The molecule has 0 aliphatic carbocycles. The van der Waals surface area contributed by atoms with Crippen molar-refractivity contribution in [2.24, 2.45) is 0 Å². The van der Waals surface area contributed by atoms with Gasteiger partial charge in [-0.05, 0) is 23.8 Å². The largest absolute Gasteiger partial charge is 0.516 e. The van der Waals surface area contributed by atoms with Crippen LogP contribution < -0.4 is 0 Å². The summed E-state index contributed by atoms with van der Waals surface area (Å²) < 4.78 is 0. The minimum atomic E-state index is -0.0295. The molecule has 0 spiro atoms. The highest BCUT2D eigenvalue weighted by Gasteiger charge is 1.94. The Morgan fingerprint density at radius 3 is 2.00 bits per heavy atom. The van der Waals surface area contributed by atoms with Crippen molar-refractivity contribution in [1.82, 2.24) is 0 Å². The lowest BCUT2D eigenvalue weighted by Crippen LogP contribution is -1.72. The van der Waals surface area contributed by atoms with E-state index in [0.717, 1.165) is 6.26 Å². The van der Waals surface area contributed by atoms with E-state index < -0.39 is 0 Å². The second-order valence-corrected chi connectivity index (χ2v) is 2.10. The minimum absolute atomic E-state index is 0.0295. The molecule has 0 amide bonds. The van der Waals surface area contributed by atoms with Crippen molar-refractivity contribution >= 4 is 6.08 Å². The molecule has 1 aromatic carbocycles. The van der Waals surface area contributed by atoms with E-state index in [2.05, 4.69) is 0 Å². The van der Waals surface area contributed by atoms with Crippen LogP contribution in [0.2, 0.25) is 0 Å². The number of aliphatic hydroxyl groups excluding tert-OH is 1. The molecule has 0 saturated carbocycles. The Morgan fingerprint density at radius 2 is 1.55 bits per heavy atom. The second-order valence-electron chi connectivity index (χ2n) is 2.10. The monoisotopic (exact) mass is 152 g/mol. The number of rotatable bonds is 1. The molecule has 0 saturated heterocycles. The van der Waals surface area contributed by atoms with E-state index in [1.165, 1.54) is 24.3 Å². The van der Waals surface area contributed by atoms with E-state index in [9.17, 15) is 0 Å². The topological polar surface area (TPSA) is 60.7 Å². The van der Waals surface area contributed by atoms with Crippen molar-refractivity contribution < 1.29 is 15.3 Å². The molecule has 0 unspecified atom stereocenters. The van der Waals surface area contributed by atoms with Crippen molar-refractivity contribution in [3.05, 3.63) is 30.0 Å². The Bertz CT molecular complexity index is 258. The predicted molar refractivity (Wildman–Crippen MR) is 41.4 cm³/mol. The zero-order chi connectivity index (χ0) is 8.27.